The molecule has 1 heteroatoms. The average molecular weight is 218 g/mol. The average Bonchev–Trinajstić information content (AvgIpc) is 2.46. The molecule has 0 saturated heterocycles. The molecule has 2 rings (SSSR count). The molecule has 1 aliphatic carbocycles. The molecule has 88 valence electrons. The van der Waals surface area contributed by atoms with Gasteiger partial charge in [-0.2, -0.15) is 0 Å². The quantitative estimate of drug-likeness (QED) is 0.819. The zero-order valence-corrected chi connectivity index (χ0v) is 10.6. The van der Waals surface area contributed by atoms with Gasteiger partial charge in [0.05, 0.1) is 6.10 Å². The summed E-state index contributed by atoms with van der Waals surface area (Å²) in [6.45, 7) is 6.65. The zero-order valence-electron chi connectivity index (χ0n) is 10.6. The van der Waals surface area contributed by atoms with Crippen molar-refractivity contribution in [2.75, 3.05) is 0 Å². The Morgan fingerprint density at radius 1 is 1.38 bits per heavy atom. The van der Waals surface area contributed by atoms with Gasteiger partial charge in [-0.3, -0.25) is 0 Å². The molecule has 0 aliphatic heterocycles. The van der Waals surface area contributed by atoms with Crippen LogP contribution in [0.25, 0.3) is 0 Å². The van der Waals surface area contributed by atoms with E-state index in [1.54, 1.807) is 0 Å². The highest BCUT2D eigenvalue weighted by Crippen LogP contribution is 2.44. The fourth-order valence-corrected chi connectivity index (χ4v) is 2.74. The van der Waals surface area contributed by atoms with Crippen LogP contribution in [0.1, 0.15) is 62.8 Å². The lowest BCUT2D eigenvalue weighted by Crippen LogP contribution is -2.12. The molecule has 0 aromatic heterocycles. The van der Waals surface area contributed by atoms with E-state index in [4.69, 9.17) is 0 Å². The normalized spacial score (nSPS) is 22.1. The Labute approximate surface area is 98.5 Å². The third-order valence-corrected chi connectivity index (χ3v) is 3.73. The van der Waals surface area contributed by atoms with Crippen LogP contribution in [0.2, 0.25) is 0 Å². The molecular weight excluding hydrogens is 196 g/mol. The van der Waals surface area contributed by atoms with E-state index in [9.17, 15) is 5.11 Å². The Bertz CT molecular complexity index is 379. The van der Waals surface area contributed by atoms with Crippen molar-refractivity contribution in [3.63, 3.8) is 0 Å². The number of benzene rings is 1. The first-order valence-corrected chi connectivity index (χ1v) is 6.36. The number of hydrogen-bond acceptors (Lipinski definition) is 1. The van der Waals surface area contributed by atoms with Gasteiger partial charge in [0.2, 0.25) is 0 Å². The molecule has 1 aliphatic rings. The molecule has 0 fully saturated rings. The fraction of sp³-hybridized carbons (Fsp3) is 0.600. The minimum Gasteiger partial charge on any atom is -0.388 e. The highest BCUT2D eigenvalue weighted by atomic mass is 16.3. The summed E-state index contributed by atoms with van der Waals surface area (Å²) in [4.78, 5) is 0. The lowest BCUT2D eigenvalue weighted by Gasteiger charge is -2.18. The van der Waals surface area contributed by atoms with Crippen LogP contribution in [-0.2, 0) is 11.8 Å². The molecule has 1 nitrogen and oxygen atoms in total. The van der Waals surface area contributed by atoms with Gasteiger partial charge in [-0.25, -0.2) is 0 Å². The first kappa shape index (κ1) is 11.7. The van der Waals surface area contributed by atoms with E-state index in [2.05, 4.69) is 39.0 Å². The molecule has 0 bridgehead atoms. The van der Waals surface area contributed by atoms with Crippen molar-refractivity contribution in [2.24, 2.45) is 0 Å². The van der Waals surface area contributed by atoms with Gasteiger partial charge >= 0.3 is 0 Å². The Morgan fingerprint density at radius 3 is 2.81 bits per heavy atom. The molecule has 1 aromatic carbocycles. The smallest absolute Gasteiger partial charge is 0.0801 e. The molecule has 0 spiro atoms. The monoisotopic (exact) mass is 218 g/mol. The van der Waals surface area contributed by atoms with Gasteiger partial charge in [0, 0.05) is 0 Å². The molecule has 1 aromatic rings. The highest BCUT2D eigenvalue weighted by molar-refractivity contribution is 5.42. The lowest BCUT2D eigenvalue weighted by atomic mass is 9.86. The van der Waals surface area contributed by atoms with E-state index in [0.717, 1.165) is 12.8 Å². The maximum atomic E-state index is 10.1. The number of aliphatic hydroxyl groups is 1. The second kappa shape index (κ2) is 4.21. The summed E-state index contributed by atoms with van der Waals surface area (Å²) >= 11 is 0. The van der Waals surface area contributed by atoms with Crippen LogP contribution in [-0.4, -0.2) is 5.11 Å². The van der Waals surface area contributed by atoms with Crippen LogP contribution < -0.4 is 0 Å². The number of aliphatic hydroxyl groups excluding tert-OH is 1. The van der Waals surface area contributed by atoms with Gasteiger partial charge < -0.3 is 5.11 Å². The number of aryl methyl sites for hydroxylation is 1. The Morgan fingerprint density at radius 2 is 2.12 bits per heavy atom. The predicted molar refractivity (Wildman–Crippen MR) is 67.7 cm³/mol. The third-order valence-electron chi connectivity index (χ3n) is 3.73. The minimum absolute atomic E-state index is 0.137. The molecule has 1 N–H and O–H groups in total. The molecule has 0 heterocycles. The minimum atomic E-state index is -0.258. The molecule has 0 unspecified atom stereocenters. The van der Waals surface area contributed by atoms with Crippen molar-refractivity contribution in [2.45, 2.75) is 58.0 Å². The van der Waals surface area contributed by atoms with Crippen molar-refractivity contribution in [3.8, 4) is 0 Å². The van der Waals surface area contributed by atoms with E-state index in [1.165, 1.54) is 29.5 Å². The standard InChI is InChI=1S/C15H22O/c1-4-5-6-11-7-8-13-12(9-11)14(16)10-15(13,2)3/h7-9,14,16H,4-6,10H2,1-3H3/t14-/m1/s1. The van der Waals surface area contributed by atoms with Gasteiger partial charge in [-0.1, -0.05) is 45.4 Å². The summed E-state index contributed by atoms with van der Waals surface area (Å²) < 4.78 is 0. The number of rotatable bonds is 3. The van der Waals surface area contributed by atoms with Crippen molar-refractivity contribution in [1.29, 1.82) is 0 Å². The predicted octanol–water partition coefficient (Wildman–Crippen LogP) is 3.74. The maximum Gasteiger partial charge on any atom is 0.0801 e. The SMILES string of the molecule is CCCCc1ccc2c(c1)[C@H](O)CC2(C)C. The summed E-state index contributed by atoms with van der Waals surface area (Å²) in [6.07, 6.45) is 4.20. The van der Waals surface area contributed by atoms with Crippen molar-refractivity contribution in [3.05, 3.63) is 34.9 Å². The largest absolute Gasteiger partial charge is 0.388 e. The summed E-state index contributed by atoms with van der Waals surface area (Å²) in [7, 11) is 0. The van der Waals surface area contributed by atoms with Crippen LogP contribution in [0.3, 0.4) is 0 Å². The van der Waals surface area contributed by atoms with Crippen molar-refractivity contribution >= 4 is 0 Å². The van der Waals surface area contributed by atoms with Crippen molar-refractivity contribution < 1.29 is 5.11 Å². The second-order valence-corrected chi connectivity index (χ2v) is 5.63. The van der Waals surface area contributed by atoms with E-state index < -0.39 is 0 Å². The van der Waals surface area contributed by atoms with Gasteiger partial charge in [0.15, 0.2) is 0 Å². The Hall–Kier alpha value is -0.820. The molecule has 0 saturated carbocycles. The Kier molecular flexibility index (Phi) is 3.07. The van der Waals surface area contributed by atoms with Crippen LogP contribution in [0.15, 0.2) is 18.2 Å². The van der Waals surface area contributed by atoms with Crippen LogP contribution in [0.5, 0.6) is 0 Å². The van der Waals surface area contributed by atoms with E-state index >= 15 is 0 Å². The summed E-state index contributed by atoms with van der Waals surface area (Å²) in [5, 5.41) is 10.1. The number of unbranched alkanes of at least 4 members (excludes halogenated alkanes) is 1. The zero-order chi connectivity index (χ0) is 11.8. The topological polar surface area (TPSA) is 20.2 Å². The third kappa shape index (κ3) is 2.01. The molecular formula is C15H22O. The second-order valence-electron chi connectivity index (χ2n) is 5.63. The van der Waals surface area contributed by atoms with E-state index in [0.29, 0.717) is 0 Å². The summed E-state index contributed by atoms with van der Waals surface area (Å²) in [5.74, 6) is 0. The molecule has 0 radical (unpaired) electrons. The highest BCUT2D eigenvalue weighted by Gasteiger charge is 2.35. The van der Waals surface area contributed by atoms with Gasteiger partial charge in [-0.05, 0) is 41.4 Å². The van der Waals surface area contributed by atoms with Gasteiger partial charge in [-0.15, -0.1) is 0 Å². The van der Waals surface area contributed by atoms with Crippen LogP contribution in [0.4, 0.5) is 0 Å². The van der Waals surface area contributed by atoms with E-state index in [1.807, 2.05) is 0 Å². The lowest BCUT2D eigenvalue weighted by molar-refractivity contribution is 0.161. The van der Waals surface area contributed by atoms with Gasteiger partial charge in [0.1, 0.15) is 0 Å². The number of hydrogen-bond donors (Lipinski definition) is 1. The van der Waals surface area contributed by atoms with Gasteiger partial charge in [0.25, 0.3) is 0 Å². The molecule has 1 atom stereocenters. The molecule has 0 amide bonds. The maximum absolute atomic E-state index is 10.1. The first-order chi connectivity index (χ1) is 7.54. The summed E-state index contributed by atoms with van der Waals surface area (Å²) in [5.41, 5.74) is 4.01. The number of fused-ring (bicyclic) bond motifs is 1. The van der Waals surface area contributed by atoms with Crippen LogP contribution >= 0.6 is 0 Å². The first-order valence-electron chi connectivity index (χ1n) is 6.36. The molecule has 16 heavy (non-hydrogen) atoms. The van der Waals surface area contributed by atoms with E-state index in [-0.39, 0.29) is 11.5 Å². The summed E-state index contributed by atoms with van der Waals surface area (Å²) in [6, 6.07) is 6.66. The Balaban J connectivity index is 2.29. The fourth-order valence-electron chi connectivity index (χ4n) is 2.74. The van der Waals surface area contributed by atoms with Crippen LogP contribution in [0, 0.1) is 0 Å². The van der Waals surface area contributed by atoms with Crippen molar-refractivity contribution in [1.82, 2.24) is 0 Å².